The van der Waals surface area contributed by atoms with Crippen LogP contribution in [0.3, 0.4) is 0 Å². The molecular formula is C13H14N2O3. The average molecular weight is 246 g/mol. The number of benzene rings is 1. The maximum Gasteiger partial charge on any atom is 0.250 e. The van der Waals surface area contributed by atoms with E-state index in [1.165, 1.54) is 6.08 Å². The summed E-state index contributed by atoms with van der Waals surface area (Å²) >= 11 is 0. The summed E-state index contributed by atoms with van der Waals surface area (Å²) in [5.41, 5.74) is 0.717. The Morgan fingerprint density at radius 2 is 2.17 bits per heavy atom. The van der Waals surface area contributed by atoms with Crippen molar-refractivity contribution in [1.29, 1.82) is 0 Å². The number of amides is 1. The third-order valence-electron chi connectivity index (χ3n) is 2.17. The number of rotatable bonds is 5. The molecular weight excluding hydrogens is 232 g/mol. The molecule has 0 atom stereocenters. The fraction of sp³-hybridized carbons (Fsp3) is 0.231. The average Bonchev–Trinajstić information content (AvgIpc) is 2.42. The highest BCUT2D eigenvalue weighted by atomic mass is 16.5. The Morgan fingerprint density at radius 1 is 1.50 bits per heavy atom. The van der Waals surface area contributed by atoms with Crippen molar-refractivity contribution >= 4 is 12.0 Å². The van der Waals surface area contributed by atoms with E-state index < -0.39 is 5.91 Å². The highest BCUT2D eigenvalue weighted by molar-refractivity contribution is 5.99. The van der Waals surface area contributed by atoms with E-state index in [2.05, 4.69) is 10.2 Å². The predicted molar refractivity (Wildman–Crippen MR) is 67.7 cm³/mol. The lowest BCUT2D eigenvalue weighted by atomic mass is 10.2. The lowest BCUT2D eigenvalue weighted by Gasteiger charge is -2.02. The van der Waals surface area contributed by atoms with Gasteiger partial charge in [0.1, 0.15) is 5.75 Å². The zero-order valence-electron chi connectivity index (χ0n) is 10.0. The summed E-state index contributed by atoms with van der Waals surface area (Å²) in [6.45, 7) is 6.94. The molecule has 0 aliphatic rings. The van der Waals surface area contributed by atoms with Crippen molar-refractivity contribution in [3.63, 3.8) is 0 Å². The number of carbonyl (C=O) groups is 1. The first-order valence-electron chi connectivity index (χ1n) is 5.33. The van der Waals surface area contributed by atoms with Crippen LogP contribution in [-0.2, 0) is 4.79 Å². The van der Waals surface area contributed by atoms with E-state index >= 15 is 0 Å². The molecule has 0 saturated heterocycles. The van der Waals surface area contributed by atoms with Gasteiger partial charge in [-0.25, -0.2) is 4.85 Å². The number of aliphatic hydroxyl groups is 1. The van der Waals surface area contributed by atoms with E-state index in [0.29, 0.717) is 5.75 Å². The molecule has 0 fully saturated rings. The summed E-state index contributed by atoms with van der Waals surface area (Å²) < 4.78 is 5.01. The molecule has 1 rings (SSSR count). The van der Waals surface area contributed by atoms with E-state index in [1.807, 2.05) is 0 Å². The molecule has 0 unspecified atom stereocenters. The molecule has 18 heavy (non-hydrogen) atoms. The molecule has 2 N–H and O–H groups in total. The third kappa shape index (κ3) is 3.92. The minimum atomic E-state index is -0.491. The number of nitrogens with one attached hydrogen (secondary N) is 1. The zero-order valence-corrected chi connectivity index (χ0v) is 10.0. The second-order valence-electron chi connectivity index (χ2n) is 3.39. The maximum atomic E-state index is 11.5. The van der Waals surface area contributed by atoms with E-state index in [-0.39, 0.29) is 18.8 Å². The molecule has 1 aromatic carbocycles. The normalized spacial score (nSPS) is 10.6. The van der Waals surface area contributed by atoms with Crippen LogP contribution < -0.4 is 10.1 Å². The molecule has 1 aromatic rings. The summed E-state index contributed by atoms with van der Waals surface area (Å²) in [5.74, 6) is 0.219. The highest BCUT2D eigenvalue weighted by Gasteiger charge is 2.08. The summed E-state index contributed by atoms with van der Waals surface area (Å²) in [5, 5.41) is 11.0. The Hall–Kier alpha value is -2.32. The van der Waals surface area contributed by atoms with Crippen LogP contribution in [0.25, 0.3) is 10.9 Å². The van der Waals surface area contributed by atoms with Crippen LogP contribution in [0.15, 0.2) is 30.0 Å². The fourth-order valence-electron chi connectivity index (χ4n) is 1.27. The van der Waals surface area contributed by atoms with Gasteiger partial charge in [0.2, 0.25) is 5.91 Å². The minimum absolute atomic E-state index is 0.0198. The van der Waals surface area contributed by atoms with Crippen molar-refractivity contribution < 1.29 is 14.6 Å². The molecule has 94 valence electrons. The Labute approximate surface area is 106 Å². The van der Waals surface area contributed by atoms with Gasteiger partial charge in [-0.3, -0.25) is 4.79 Å². The molecule has 5 nitrogen and oxygen atoms in total. The van der Waals surface area contributed by atoms with E-state index in [9.17, 15) is 4.79 Å². The van der Waals surface area contributed by atoms with Crippen molar-refractivity contribution in [2.75, 3.05) is 20.3 Å². The van der Waals surface area contributed by atoms with Gasteiger partial charge in [0.05, 0.1) is 20.3 Å². The molecule has 0 aliphatic carbocycles. The van der Waals surface area contributed by atoms with Gasteiger partial charge >= 0.3 is 0 Å². The lowest BCUT2D eigenvalue weighted by Crippen LogP contribution is -2.26. The molecule has 0 bridgehead atoms. The first-order chi connectivity index (χ1) is 8.71. The number of nitrogens with zero attached hydrogens (tertiary/aromatic N) is 1. The van der Waals surface area contributed by atoms with Gasteiger partial charge in [-0.05, 0) is 23.8 Å². The highest BCUT2D eigenvalue weighted by Crippen LogP contribution is 2.14. The Morgan fingerprint density at radius 3 is 2.67 bits per heavy atom. The zero-order chi connectivity index (χ0) is 13.4. The van der Waals surface area contributed by atoms with Crippen molar-refractivity contribution in [2.24, 2.45) is 0 Å². The second-order valence-corrected chi connectivity index (χ2v) is 3.39. The molecule has 0 heterocycles. The topological polar surface area (TPSA) is 62.9 Å². The smallest absolute Gasteiger partial charge is 0.250 e. The van der Waals surface area contributed by atoms with Crippen molar-refractivity contribution in [3.05, 3.63) is 46.9 Å². The van der Waals surface area contributed by atoms with E-state index in [0.717, 1.165) is 5.56 Å². The van der Waals surface area contributed by atoms with Crippen molar-refractivity contribution in [3.8, 4) is 5.75 Å². The molecule has 5 heteroatoms. The first kappa shape index (κ1) is 13.7. The summed E-state index contributed by atoms with van der Waals surface area (Å²) in [7, 11) is 1.57. The Kier molecular flexibility index (Phi) is 5.42. The van der Waals surface area contributed by atoms with Crippen LogP contribution in [0.4, 0.5) is 0 Å². The molecule has 0 spiro atoms. The van der Waals surface area contributed by atoms with Gasteiger partial charge in [0.15, 0.2) is 0 Å². The quantitative estimate of drug-likeness (QED) is 0.603. The first-order valence-corrected chi connectivity index (χ1v) is 5.33. The van der Waals surface area contributed by atoms with Crippen LogP contribution in [0.5, 0.6) is 5.75 Å². The number of hydrogen-bond acceptors (Lipinski definition) is 3. The van der Waals surface area contributed by atoms with Gasteiger partial charge < -0.3 is 15.2 Å². The monoisotopic (exact) mass is 246 g/mol. The lowest BCUT2D eigenvalue weighted by molar-refractivity contribution is -0.117. The van der Waals surface area contributed by atoms with Gasteiger partial charge in [-0.15, -0.1) is 0 Å². The second kappa shape index (κ2) is 7.09. The SMILES string of the molecule is [C-]#[N+]C(=Cc1ccc(OC)cc1)C(=O)NCCO. The third-order valence-corrected chi connectivity index (χ3v) is 2.17. The van der Waals surface area contributed by atoms with E-state index in [4.69, 9.17) is 16.4 Å². The van der Waals surface area contributed by atoms with Crippen molar-refractivity contribution in [1.82, 2.24) is 5.32 Å². The largest absolute Gasteiger partial charge is 0.497 e. The van der Waals surface area contributed by atoms with Crippen LogP contribution in [0, 0.1) is 6.57 Å². The number of carbonyl (C=O) groups excluding carboxylic acids is 1. The number of hydrogen-bond donors (Lipinski definition) is 2. The van der Waals surface area contributed by atoms with Gasteiger partial charge in [0, 0.05) is 6.54 Å². The standard InChI is InChI=1S/C13H14N2O3/c1-14-12(13(17)15-7-8-16)9-10-3-5-11(18-2)6-4-10/h3-6,9,16H,7-8H2,2H3,(H,15,17). The van der Waals surface area contributed by atoms with Crippen LogP contribution in [-0.4, -0.2) is 31.3 Å². The minimum Gasteiger partial charge on any atom is -0.497 e. The van der Waals surface area contributed by atoms with E-state index in [1.54, 1.807) is 31.4 Å². The van der Waals surface area contributed by atoms with Crippen LogP contribution in [0.1, 0.15) is 5.56 Å². The van der Waals surface area contributed by atoms with Crippen LogP contribution in [0.2, 0.25) is 0 Å². The summed E-state index contributed by atoms with van der Waals surface area (Å²) in [4.78, 5) is 14.7. The van der Waals surface area contributed by atoms with Gasteiger partial charge in [-0.1, -0.05) is 12.1 Å². The molecule has 0 radical (unpaired) electrons. The summed E-state index contributed by atoms with van der Waals surface area (Å²) in [6, 6.07) is 7.00. The summed E-state index contributed by atoms with van der Waals surface area (Å²) in [6.07, 6.45) is 1.49. The fourth-order valence-corrected chi connectivity index (χ4v) is 1.27. The Balaban J connectivity index is 2.83. The Bertz CT molecular complexity index is 472. The molecule has 1 amide bonds. The number of aliphatic hydroxyl groups excluding tert-OH is 1. The predicted octanol–water partition coefficient (Wildman–Crippen LogP) is 1.06. The van der Waals surface area contributed by atoms with Gasteiger partial charge in [-0.2, -0.15) is 0 Å². The molecule has 0 aromatic heterocycles. The van der Waals surface area contributed by atoms with Crippen LogP contribution >= 0.6 is 0 Å². The van der Waals surface area contributed by atoms with Crippen molar-refractivity contribution in [2.45, 2.75) is 0 Å². The number of methoxy groups -OCH3 is 1. The molecule has 0 aliphatic heterocycles. The number of ether oxygens (including phenoxy) is 1. The molecule has 0 saturated carbocycles. The maximum absolute atomic E-state index is 11.5. The van der Waals surface area contributed by atoms with Gasteiger partial charge in [0.25, 0.3) is 5.70 Å².